The number of anilines is 1. The molecule has 1 aliphatic heterocycles. The number of hydrogen-bond acceptors (Lipinski definition) is 5. The zero-order chi connectivity index (χ0) is 13.1. The van der Waals surface area contributed by atoms with E-state index in [0.29, 0.717) is 11.0 Å². The van der Waals surface area contributed by atoms with Gasteiger partial charge in [0.05, 0.1) is 6.21 Å². The number of aromatic nitrogens is 1. The van der Waals surface area contributed by atoms with Gasteiger partial charge in [-0.1, -0.05) is 17.7 Å². The average Bonchev–Trinajstić information content (AvgIpc) is 2.86. The molecule has 0 atom stereocenters. The van der Waals surface area contributed by atoms with Crippen molar-refractivity contribution >= 4 is 23.6 Å². The Morgan fingerprint density at radius 3 is 3.00 bits per heavy atom. The van der Waals surface area contributed by atoms with E-state index < -0.39 is 0 Å². The van der Waals surface area contributed by atoms with Crippen LogP contribution in [0.3, 0.4) is 0 Å². The van der Waals surface area contributed by atoms with E-state index in [9.17, 15) is 0 Å². The summed E-state index contributed by atoms with van der Waals surface area (Å²) in [5.41, 5.74) is 3.71. The number of nitrogens with one attached hydrogen (secondary N) is 1. The van der Waals surface area contributed by atoms with Crippen molar-refractivity contribution in [2.75, 3.05) is 12.2 Å². The highest BCUT2D eigenvalue weighted by Gasteiger charge is 2.12. The summed E-state index contributed by atoms with van der Waals surface area (Å²) in [5, 5.41) is 4.51. The Morgan fingerprint density at radius 1 is 1.21 bits per heavy atom. The van der Waals surface area contributed by atoms with E-state index in [-0.39, 0.29) is 6.79 Å². The van der Waals surface area contributed by atoms with Crippen molar-refractivity contribution in [1.82, 2.24) is 4.98 Å². The number of pyridine rings is 1. The molecule has 1 aromatic carbocycles. The molecule has 2 aromatic rings. The number of hydrazone groups is 1. The summed E-state index contributed by atoms with van der Waals surface area (Å²) in [6.45, 7) is 0.264. The molecule has 0 fully saturated rings. The van der Waals surface area contributed by atoms with Gasteiger partial charge in [0.2, 0.25) is 6.79 Å². The highest BCUT2D eigenvalue weighted by atomic mass is 35.5. The summed E-state index contributed by atoms with van der Waals surface area (Å²) in [6.07, 6.45) is 1.67. The van der Waals surface area contributed by atoms with E-state index in [4.69, 9.17) is 21.1 Å². The molecule has 1 aliphatic rings. The van der Waals surface area contributed by atoms with E-state index in [1.807, 2.05) is 18.2 Å². The summed E-state index contributed by atoms with van der Waals surface area (Å²) in [7, 11) is 0. The highest BCUT2D eigenvalue weighted by molar-refractivity contribution is 6.29. The number of fused-ring (bicyclic) bond motifs is 1. The predicted molar refractivity (Wildman–Crippen MR) is 73.0 cm³/mol. The van der Waals surface area contributed by atoms with Gasteiger partial charge in [0, 0.05) is 0 Å². The molecule has 6 heteroatoms. The largest absolute Gasteiger partial charge is 0.454 e. The van der Waals surface area contributed by atoms with Crippen LogP contribution < -0.4 is 14.9 Å². The van der Waals surface area contributed by atoms with Crippen LogP contribution in [0.2, 0.25) is 5.15 Å². The monoisotopic (exact) mass is 275 g/mol. The highest BCUT2D eigenvalue weighted by Crippen LogP contribution is 2.31. The van der Waals surface area contributed by atoms with Crippen LogP contribution >= 0.6 is 11.6 Å². The van der Waals surface area contributed by atoms with Crippen molar-refractivity contribution in [1.29, 1.82) is 0 Å². The summed E-state index contributed by atoms with van der Waals surface area (Å²) in [5.74, 6) is 2.07. The van der Waals surface area contributed by atoms with Gasteiger partial charge >= 0.3 is 0 Å². The first-order valence-corrected chi connectivity index (χ1v) is 6.00. The van der Waals surface area contributed by atoms with Crippen molar-refractivity contribution in [2.24, 2.45) is 5.10 Å². The number of ether oxygens (including phenoxy) is 2. The SMILES string of the molecule is Clc1cccc(NN=Cc2ccc3c(c2)OCO3)n1. The van der Waals surface area contributed by atoms with Crippen molar-refractivity contribution < 1.29 is 9.47 Å². The molecule has 1 N–H and O–H groups in total. The Kier molecular flexibility index (Phi) is 3.20. The number of nitrogens with zero attached hydrogens (tertiary/aromatic N) is 2. The third kappa shape index (κ3) is 2.77. The van der Waals surface area contributed by atoms with E-state index >= 15 is 0 Å². The minimum absolute atomic E-state index is 0.264. The summed E-state index contributed by atoms with van der Waals surface area (Å²) in [4.78, 5) is 4.06. The van der Waals surface area contributed by atoms with Crippen molar-refractivity contribution in [2.45, 2.75) is 0 Å². The standard InChI is InChI=1S/C13H10ClN3O2/c14-12-2-1-3-13(16-12)17-15-7-9-4-5-10-11(6-9)19-8-18-10/h1-7H,8H2,(H,16,17). The summed E-state index contributed by atoms with van der Waals surface area (Å²) >= 11 is 5.77. The first kappa shape index (κ1) is 11.8. The number of halogens is 1. The van der Waals surface area contributed by atoms with Crippen LogP contribution in [0, 0.1) is 0 Å². The van der Waals surface area contributed by atoms with E-state index in [2.05, 4.69) is 15.5 Å². The minimum Gasteiger partial charge on any atom is -0.454 e. The average molecular weight is 276 g/mol. The summed E-state index contributed by atoms with van der Waals surface area (Å²) in [6, 6.07) is 10.9. The second kappa shape index (κ2) is 5.16. The molecule has 19 heavy (non-hydrogen) atoms. The fourth-order valence-electron chi connectivity index (χ4n) is 1.64. The van der Waals surface area contributed by atoms with Crippen LogP contribution in [-0.4, -0.2) is 18.0 Å². The molecule has 0 bridgehead atoms. The third-order valence-corrected chi connectivity index (χ3v) is 2.71. The van der Waals surface area contributed by atoms with Crippen molar-refractivity contribution in [3.05, 3.63) is 47.1 Å². The molecule has 3 rings (SSSR count). The van der Waals surface area contributed by atoms with Crippen molar-refractivity contribution in [3.63, 3.8) is 0 Å². The first-order valence-electron chi connectivity index (χ1n) is 5.62. The molecule has 0 unspecified atom stereocenters. The van der Waals surface area contributed by atoms with Gasteiger partial charge in [-0.3, -0.25) is 5.43 Å². The van der Waals surface area contributed by atoms with Gasteiger partial charge in [0.1, 0.15) is 11.0 Å². The number of benzene rings is 1. The maximum absolute atomic E-state index is 5.77. The first-order chi connectivity index (χ1) is 9.31. The quantitative estimate of drug-likeness (QED) is 0.532. The van der Waals surface area contributed by atoms with Gasteiger partial charge in [0.15, 0.2) is 11.5 Å². The lowest BCUT2D eigenvalue weighted by molar-refractivity contribution is 0.174. The molecule has 0 saturated carbocycles. The zero-order valence-electron chi connectivity index (χ0n) is 9.84. The smallest absolute Gasteiger partial charge is 0.231 e. The second-order valence-electron chi connectivity index (χ2n) is 3.83. The molecule has 1 aromatic heterocycles. The van der Waals surface area contributed by atoms with Gasteiger partial charge in [-0.05, 0) is 35.9 Å². The molecule has 0 amide bonds. The topological polar surface area (TPSA) is 55.7 Å². The van der Waals surface area contributed by atoms with Gasteiger partial charge in [-0.2, -0.15) is 5.10 Å². The van der Waals surface area contributed by atoms with E-state index in [1.54, 1.807) is 24.4 Å². The molecular weight excluding hydrogens is 266 g/mol. The lowest BCUT2D eigenvalue weighted by Gasteiger charge is -2.00. The normalized spacial score (nSPS) is 12.9. The number of hydrogen-bond donors (Lipinski definition) is 1. The fourth-order valence-corrected chi connectivity index (χ4v) is 1.80. The van der Waals surface area contributed by atoms with Crippen LogP contribution in [0.1, 0.15) is 5.56 Å². The van der Waals surface area contributed by atoms with Gasteiger partial charge in [-0.25, -0.2) is 4.98 Å². The molecule has 96 valence electrons. The Labute approximate surface area is 114 Å². The van der Waals surface area contributed by atoms with Crippen LogP contribution in [0.15, 0.2) is 41.5 Å². The Balaban J connectivity index is 1.69. The van der Waals surface area contributed by atoms with E-state index in [1.165, 1.54) is 0 Å². The Morgan fingerprint density at radius 2 is 2.11 bits per heavy atom. The predicted octanol–water partition coefficient (Wildman–Crippen LogP) is 2.91. The zero-order valence-corrected chi connectivity index (χ0v) is 10.6. The molecule has 0 radical (unpaired) electrons. The Hall–Kier alpha value is -2.27. The fraction of sp³-hybridized carbons (Fsp3) is 0.0769. The van der Waals surface area contributed by atoms with Crippen LogP contribution in [0.5, 0.6) is 11.5 Å². The lowest BCUT2D eigenvalue weighted by atomic mass is 10.2. The van der Waals surface area contributed by atoms with Crippen LogP contribution in [0.4, 0.5) is 5.82 Å². The maximum atomic E-state index is 5.77. The second-order valence-corrected chi connectivity index (χ2v) is 4.22. The summed E-state index contributed by atoms with van der Waals surface area (Å²) < 4.78 is 10.5. The molecule has 2 heterocycles. The van der Waals surface area contributed by atoms with Crippen LogP contribution in [0.25, 0.3) is 0 Å². The van der Waals surface area contributed by atoms with Crippen molar-refractivity contribution in [3.8, 4) is 11.5 Å². The van der Waals surface area contributed by atoms with Gasteiger partial charge in [-0.15, -0.1) is 0 Å². The van der Waals surface area contributed by atoms with Crippen LogP contribution in [-0.2, 0) is 0 Å². The Bertz CT molecular complexity index is 631. The minimum atomic E-state index is 0.264. The van der Waals surface area contributed by atoms with Gasteiger partial charge < -0.3 is 9.47 Å². The number of rotatable bonds is 3. The van der Waals surface area contributed by atoms with Gasteiger partial charge in [0.25, 0.3) is 0 Å². The maximum Gasteiger partial charge on any atom is 0.231 e. The molecular formula is C13H10ClN3O2. The molecule has 0 saturated heterocycles. The van der Waals surface area contributed by atoms with E-state index in [0.717, 1.165) is 17.1 Å². The third-order valence-electron chi connectivity index (χ3n) is 2.50. The molecule has 5 nitrogen and oxygen atoms in total. The lowest BCUT2D eigenvalue weighted by Crippen LogP contribution is -1.93. The molecule has 0 spiro atoms. The molecule has 0 aliphatic carbocycles.